The zero-order valence-corrected chi connectivity index (χ0v) is 10.1. The predicted molar refractivity (Wildman–Crippen MR) is 60.8 cm³/mol. The molecule has 0 aromatic carbocycles. The zero-order valence-electron chi connectivity index (χ0n) is 10.1. The van der Waals surface area contributed by atoms with Crippen LogP contribution in [0.4, 0.5) is 0 Å². The van der Waals surface area contributed by atoms with Crippen LogP contribution in [-0.4, -0.2) is 35.6 Å². The number of aliphatic carboxylic acids is 1. The molecule has 0 radical (unpaired) electrons. The number of carboxylic acids is 1. The summed E-state index contributed by atoms with van der Waals surface area (Å²) >= 11 is 0. The highest BCUT2D eigenvalue weighted by atomic mass is 16.4. The van der Waals surface area contributed by atoms with Gasteiger partial charge in [-0.25, -0.2) is 0 Å². The molecule has 0 saturated carbocycles. The average Bonchev–Trinajstić information content (AvgIpc) is 2.47. The summed E-state index contributed by atoms with van der Waals surface area (Å²) in [6.45, 7) is 9.24. The molecular formula is C12H23NO2. The van der Waals surface area contributed by atoms with Crippen LogP contribution in [0.15, 0.2) is 0 Å². The Balaban J connectivity index is 2.38. The SMILES string of the molecule is CCCC(C)CN1C[C@@H](C)[C@H](C(=O)O)C1. The van der Waals surface area contributed by atoms with Gasteiger partial charge in [-0.3, -0.25) is 4.79 Å². The number of likely N-dealkylation sites (tertiary alicyclic amines) is 1. The minimum absolute atomic E-state index is 0.154. The topological polar surface area (TPSA) is 40.5 Å². The van der Waals surface area contributed by atoms with Crippen LogP contribution >= 0.6 is 0 Å². The van der Waals surface area contributed by atoms with E-state index in [0.29, 0.717) is 11.8 Å². The molecule has 1 N–H and O–H groups in total. The first-order chi connectivity index (χ1) is 7.04. The van der Waals surface area contributed by atoms with Gasteiger partial charge < -0.3 is 10.0 Å². The van der Waals surface area contributed by atoms with Crippen LogP contribution in [-0.2, 0) is 4.79 Å². The molecule has 0 aromatic heterocycles. The quantitative estimate of drug-likeness (QED) is 0.760. The average molecular weight is 213 g/mol. The number of rotatable bonds is 5. The van der Waals surface area contributed by atoms with Gasteiger partial charge in [-0.15, -0.1) is 0 Å². The molecule has 0 amide bonds. The van der Waals surface area contributed by atoms with Gasteiger partial charge in [-0.05, 0) is 18.3 Å². The van der Waals surface area contributed by atoms with E-state index < -0.39 is 5.97 Å². The minimum Gasteiger partial charge on any atom is -0.481 e. The Labute approximate surface area is 92.5 Å². The predicted octanol–water partition coefficient (Wildman–Crippen LogP) is 2.08. The third-order valence-electron chi connectivity index (χ3n) is 3.36. The largest absolute Gasteiger partial charge is 0.481 e. The fraction of sp³-hybridized carbons (Fsp3) is 0.917. The fourth-order valence-electron chi connectivity index (χ4n) is 2.56. The number of carbonyl (C=O) groups is 1. The Hall–Kier alpha value is -0.570. The van der Waals surface area contributed by atoms with Crippen LogP contribution in [0, 0.1) is 17.8 Å². The Morgan fingerprint density at radius 2 is 2.20 bits per heavy atom. The van der Waals surface area contributed by atoms with Gasteiger partial charge in [0.05, 0.1) is 5.92 Å². The molecule has 3 nitrogen and oxygen atoms in total. The summed E-state index contributed by atoms with van der Waals surface area (Å²) in [6, 6.07) is 0. The molecular weight excluding hydrogens is 190 g/mol. The van der Waals surface area contributed by atoms with Crippen LogP contribution in [0.1, 0.15) is 33.6 Å². The van der Waals surface area contributed by atoms with Gasteiger partial charge in [0, 0.05) is 19.6 Å². The van der Waals surface area contributed by atoms with Crippen molar-refractivity contribution < 1.29 is 9.90 Å². The van der Waals surface area contributed by atoms with Crippen molar-refractivity contribution in [2.24, 2.45) is 17.8 Å². The van der Waals surface area contributed by atoms with E-state index in [9.17, 15) is 4.79 Å². The highest BCUT2D eigenvalue weighted by molar-refractivity contribution is 5.71. The fourth-order valence-corrected chi connectivity index (χ4v) is 2.56. The maximum Gasteiger partial charge on any atom is 0.308 e. The molecule has 88 valence electrons. The van der Waals surface area contributed by atoms with Crippen LogP contribution in [0.2, 0.25) is 0 Å². The molecule has 0 aliphatic carbocycles. The summed E-state index contributed by atoms with van der Waals surface area (Å²) in [5.74, 6) is 0.207. The first kappa shape index (κ1) is 12.5. The van der Waals surface area contributed by atoms with E-state index in [1.54, 1.807) is 0 Å². The summed E-state index contributed by atoms with van der Waals surface area (Å²) in [5, 5.41) is 9.01. The minimum atomic E-state index is -0.631. The van der Waals surface area contributed by atoms with Crippen molar-refractivity contribution in [3.05, 3.63) is 0 Å². The molecule has 1 saturated heterocycles. The number of hydrogen-bond donors (Lipinski definition) is 1. The Bertz CT molecular complexity index is 218. The lowest BCUT2D eigenvalue weighted by molar-refractivity contribution is -0.142. The first-order valence-corrected chi connectivity index (χ1v) is 5.99. The van der Waals surface area contributed by atoms with Crippen molar-refractivity contribution >= 4 is 5.97 Å². The van der Waals surface area contributed by atoms with Gasteiger partial charge >= 0.3 is 5.97 Å². The van der Waals surface area contributed by atoms with E-state index >= 15 is 0 Å². The summed E-state index contributed by atoms with van der Waals surface area (Å²) in [4.78, 5) is 13.3. The second kappa shape index (κ2) is 5.50. The van der Waals surface area contributed by atoms with Crippen LogP contribution in [0.5, 0.6) is 0 Å². The van der Waals surface area contributed by atoms with Crippen molar-refractivity contribution in [3.63, 3.8) is 0 Å². The summed E-state index contributed by atoms with van der Waals surface area (Å²) in [6.07, 6.45) is 2.45. The van der Waals surface area contributed by atoms with E-state index in [1.807, 2.05) is 6.92 Å². The van der Waals surface area contributed by atoms with Gasteiger partial charge in [-0.2, -0.15) is 0 Å². The lowest BCUT2D eigenvalue weighted by atomic mass is 9.99. The van der Waals surface area contributed by atoms with Gasteiger partial charge in [0.2, 0.25) is 0 Å². The molecule has 1 aliphatic rings. The highest BCUT2D eigenvalue weighted by Crippen LogP contribution is 2.24. The lowest BCUT2D eigenvalue weighted by Crippen LogP contribution is -2.27. The van der Waals surface area contributed by atoms with Crippen LogP contribution < -0.4 is 0 Å². The van der Waals surface area contributed by atoms with E-state index in [4.69, 9.17) is 5.11 Å². The summed E-state index contributed by atoms with van der Waals surface area (Å²) < 4.78 is 0. The smallest absolute Gasteiger partial charge is 0.308 e. The van der Waals surface area contributed by atoms with Crippen molar-refractivity contribution in [2.45, 2.75) is 33.6 Å². The number of carboxylic acid groups (broad SMARTS) is 1. The Morgan fingerprint density at radius 3 is 2.67 bits per heavy atom. The molecule has 1 unspecified atom stereocenters. The molecule has 1 heterocycles. The van der Waals surface area contributed by atoms with Gasteiger partial charge in [0.1, 0.15) is 0 Å². The first-order valence-electron chi connectivity index (χ1n) is 5.99. The third-order valence-corrected chi connectivity index (χ3v) is 3.36. The van der Waals surface area contributed by atoms with E-state index in [0.717, 1.165) is 19.6 Å². The molecule has 3 heteroatoms. The van der Waals surface area contributed by atoms with Crippen LogP contribution in [0.3, 0.4) is 0 Å². The molecule has 15 heavy (non-hydrogen) atoms. The number of hydrogen-bond acceptors (Lipinski definition) is 2. The van der Waals surface area contributed by atoms with Crippen molar-refractivity contribution in [1.29, 1.82) is 0 Å². The standard InChI is InChI=1S/C12H23NO2/c1-4-5-9(2)6-13-7-10(3)11(8-13)12(14)15/h9-11H,4-8H2,1-3H3,(H,14,15)/t9?,10-,11-/m1/s1. The van der Waals surface area contributed by atoms with E-state index in [-0.39, 0.29) is 5.92 Å². The second-order valence-corrected chi connectivity index (χ2v) is 5.03. The second-order valence-electron chi connectivity index (χ2n) is 5.03. The van der Waals surface area contributed by atoms with Gasteiger partial charge in [0.15, 0.2) is 0 Å². The number of nitrogens with zero attached hydrogens (tertiary/aromatic N) is 1. The van der Waals surface area contributed by atoms with E-state index in [1.165, 1.54) is 12.8 Å². The van der Waals surface area contributed by atoms with Gasteiger partial charge in [0.25, 0.3) is 0 Å². The molecule has 1 aliphatic heterocycles. The van der Waals surface area contributed by atoms with Crippen molar-refractivity contribution in [1.82, 2.24) is 4.90 Å². The van der Waals surface area contributed by atoms with Crippen LogP contribution in [0.25, 0.3) is 0 Å². The maximum atomic E-state index is 10.9. The molecule has 1 fully saturated rings. The highest BCUT2D eigenvalue weighted by Gasteiger charge is 2.34. The summed E-state index contributed by atoms with van der Waals surface area (Å²) in [5.41, 5.74) is 0. The Morgan fingerprint density at radius 1 is 1.53 bits per heavy atom. The summed E-state index contributed by atoms with van der Waals surface area (Å²) in [7, 11) is 0. The van der Waals surface area contributed by atoms with Gasteiger partial charge in [-0.1, -0.05) is 27.2 Å². The molecule has 1 rings (SSSR count). The third kappa shape index (κ3) is 3.49. The monoisotopic (exact) mass is 213 g/mol. The molecule has 3 atom stereocenters. The molecule has 0 aromatic rings. The Kier molecular flexibility index (Phi) is 4.58. The zero-order chi connectivity index (χ0) is 11.4. The lowest BCUT2D eigenvalue weighted by Gasteiger charge is -2.20. The van der Waals surface area contributed by atoms with Crippen molar-refractivity contribution in [2.75, 3.05) is 19.6 Å². The molecule has 0 spiro atoms. The van der Waals surface area contributed by atoms with E-state index in [2.05, 4.69) is 18.7 Å². The van der Waals surface area contributed by atoms with Crippen molar-refractivity contribution in [3.8, 4) is 0 Å². The molecule has 0 bridgehead atoms. The normalized spacial score (nSPS) is 29.3. The maximum absolute atomic E-state index is 10.9.